The lowest BCUT2D eigenvalue weighted by Crippen LogP contribution is -2.23. The van der Waals surface area contributed by atoms with E-state index in [0.717, 1.165) is 24.3 Å². The van der Waals surface area contributed by atoms with Crippen molar-refractivity contribution in [3.63, 3.8) is 0 Å². The van der Waals surface area contributed by atoms with Crippen LogP contribution < -0.4 is 10.1 Å². The number of hydrogen-bond acceptors (Lipinski definition) is 3. The second-order valence-corrected chi connectivity index (χ2v) is 4.77. The lowest BCUT2D eigenvalue weighted by atomic mass is 10.00. The molecule has 1 N–H and O–H groups in total. The fourth-order valence-electron chi connectivity index (χ4n) is 2.18. The summed E-state index contributed by atoms with van der Waals surface area (Å²) in [6, 6.07) is 6.65. The molecule has 1 heterocycles. The van der Waals surface area contributed by atoms with Gasteiger partial charge in [-0.15, -0.1) is 0 Å². The van der Waals surface area contributed by atoms with E-state index in [1.165, 1.54) is 13.2 Å². The summed E-state index contributed by atoms with van der Waals surface area (Å²) >= 11 is 0. The molecule has 0 bridgehead atoms. The third-order valence-corrected chi connectivity index (χ3v) is 3.20. The molecule has 0 radical (unpaired) electrons. The van der Waals surface area contributed by atoms with Crippen LogP contribution >= 0.6 is 0 Å². The Balaban J connectivity index is 2.35. The fraction of sp³-hybridized carbons (Fsp3) is 0.375. The Bertz CT molecular complexity index is 565. The van der Waals surface area contributed by atoms with Crippen molar-refractivity contribution >= 4 is 0 Å². The molecule has 1 unspecified atom stereocenters. The molecule has 0 saturated carbocycles. The van der Waals surface area contributed by atoms with Crippen molar-refractivity contribution in [2.24, 2.45) is 0 Å². The van der Waals surface area contributed by atoms with Crippen LogP contribution in [0, 0.1) is 12.7 Å². The van der Waals surface area contributed by atoms with Crippen molar-refractivity contribution in [3.05, 3.63) is 53.2 Å². The molecular formula is C16H20FNO2. The molecule has 0 saturated heterocycles. The number of hydrogen-bond donors (Lipinski definition) is 1. The van der Waals surface area contributed by atoms with Crippen LogP contribution in [-0.2, 0) is 0 Å². The zero-order chi connectivity index (χ0) is 14.5. The van der Waals surface area contributed by atoms with E-state index in [2.05, 4.69) is 12.2 Å². The lowest BCUT2D eigenvalue weighted by Gasteiger charge is -2.18. The molecule has 1 aromatic heterocycles. The SMILES string of the molecule is CCCNC(c1coc(C)c1)c1ccc(OC)cc1F. The molecule has 1 atom stereocenters. The van der Waals surface area contributed by atoms with E-state index in [1.807, 2.05) is 13.0 Å². The van der Waals surface area contributed by atoms with Crippen LogP contribution in [0.3, 0.4) is 0 Å². The van der Waals surface area contributed by atoms with E-state index in [4.69, 9.17) is 9.15 Å². The molecule has 0 aliphatic rings. The molecule has 2 aromatic rings. The number of methoxy groups -OCH3 is 1. The zero-order valence-electron chi connectivity index (χ0n) is 12.1. The van der Waals surface area contributed by atoms with Gasteiger partial charge in [0.05, 0.1) is 19.4 Å². The first-order valence-electron chi connectivity index (χ1n) is 6.77. The summed E-state index contributed by atoms with van der Waals surface area (Å²) in [6.45, 7) is 4.76. The minimum absolute atomic E-state index is 0.210. The summed E-state index contributed by atoms with van der Waals surface area (Å²) in [4.78, 5) is 0. The average molecular weight is 277 g/mol. The van der Waals surface area contributed by atoms with Gasteiger partial charge in [0.25, 0.3) is 0 Å². The Labute approximate surface area is 118 Å². The van der Waals surface area contributed by atoms with Crippen molar-refractivity contribution < 1.29 is 13.5 Å². The van der Waals surface area contributed by atoms with Crippen LogP contribution in [0.15, 0.2) is 34.9 Å². The summed E-state index contributed by atoms with van der Waals surface area (Å²) < 4.78 is 24.6. The molecule has 4 heteroatoms. The van der Waals surface area contributed by atoms with Gasteiger partial charge in [0.1, 0.15) is 17.3 Å². The number of ether oxygens (including phenoxy) is 1. The monoisotopic (exact) mass is 277 g/mol. The van der Waals surface area contributed by atoms with E-state index in [1.54, 1.807) is 18.4 Å². The number of aryl methyl sites for hydroxylation is 1. The van der Waals surface area contributed by atoms with E-state index < -0.39 is 0 Å². The number of nitrogens with one attached hydrogen (secondary N) is 1. The van der Waals surface area contributed by atoms with Crippen molar-refractivity contribution in [1.82, 2.24) is 5.32 Å². The largest absolute Gasteiger partial charge is 0.497 e. The molecule has 0 amide bonds. The first-order valence-corrected chi connectivity index (χ1v) is 6.77. The Morgan fingerprint density at radius 3 is 2.70 bits per heavy atom. The van der Waals surface area contributed by atoms with Crippen LogP contribution in [0.5, 0.6) is 5.75 Å². The minimum Gasteiger partial charge on any atom is -0.497 e. The van der Waals surface area contributed by atoms with Crippen molar-refractivity contribution in [3.8, 4) is 5.75 Å². The maximum absolute atomic E-state index is 14.3. The van der Waals surface area contributed by atoms with Gasteiger partial charge >= 0.3 is 0 Å². The highest BCUT2D eigenvalue weighted by atomic mass is 19.1. The Hall–Kier alpha value is -1.81. The molecule has 0 fully saturated rings. The van der Waals surface area contributed by atoms with E-state index in [9.17, 15) is 4.39 Å². The predicted molar refractivity (Wildman–Crippen MR) is 76.5 cm³/mol. The maximum atomic E-state index is 14.3. The van der Waals surface area contributed by atoms with Gasteiger partial charge in [0.2, 0.25) is 0 Å². The third kappa shape index (κ3) is 3.20. The average Bonchev–Trinajstić information content (AvgIpc) is 2.87. The molecule has 20 heavy (non-hydrogen) atoms. The van der Waals surface area contributed by atoms with Gasteiger partial charge in [-0.05, 0) is 32.0 Å². The number of rotatable bonds is 6. The lowest BCUT2D eigenvalue weighted by molar-refractivity contribution is 0.410. The molecule has 0 aliphatic heterocycles. The maximum Gasteiger partial charge on any atom is 0.132 e. The second-order valence-electron chi connectivity index (χ2n) is 4.77. The van der Waals surface area contributed by atoms with Crippen molar-refractivity contribution in [2.75, 3.05) is 13.7 Å². The van der Waals surface area contributed by atoms with Crippen LogP contribution in [0.25, 0.3) is 0 Å². The normalized spacial score (nSPS) is 12.4. The highest BCUT2D eigenvalue weighted by Crippen LogP contribution is 2.28. The van der Waals surface area contributed by atoms with Crippen LogP contribution in [-0.4, -0.2) is 13.7 Å². The van der Waals surface area contributed by atoms with Gasteiger partial charge in [-0.3, -0.25) is 0 Å². The Morgan fingerprint density at radius 1 is 1.35 bits per heavy atom. The summed E-state index contributed by atoms with van der Waals surface area (Å²) in [7, 11) is 1.53. The van der Waals surface area contributed by atoms with Gasteiger partial charge in [-0.1, -0.05) is 13.0 Å². The first kappa shape index (κ1) is 14.6. The topological polar surface area (TPSA) is 34.4 Å². The van der Waals surface area contributed by atoms with E-state index in [0.29, 0.717) is 11.3 Å². The minimum atomic E-state index is -0.281. The Morgan fingerprint density at radius 2 is 2.15 bits per heavy atom. The molecular weight excluding hydrogens is 257 g/mol. The molecule has 2 rings (SSSR count). The van der Waals surface area contributed by atoms with Gasteiger partial charge in [0, 0.05) is 17.2 Å². The van der Waals surface area contributed by atoms with Crippen LogP contribution in [0.1, 0.15) is 36.3 Å². The smallest absolute Gasteiger partial charge is 0.132 e. The van der Waals surface area contributed by atoms with Gasteiger partial charge in [0.15, 0.2) is 0 Å². The molecule has 1 aromatic carbocycles. The zero-order valence-corrected chi connectivity index (χ0v) is 12.1. The van der Waals surface area contributed by atoms with Crippen molar-refractivity contribution in [2.45, 2.75) is 26.3 Å². The first-order chi connectivity index (χ1) is 9.65. The quantitative estimate of drug-likeness (QED) is 0.871. The summed E-state index contributed by atoms with van der Waals surface area (Å²) in [5.74, 6) is 1.05. The summed E-state index contributed by atoms with van der Waals surface area (Å²) in [6.07, 6.45) is 2.65. The van der Waals surface area contributed by atoms with Crippen LogP contribution in [0.4, 0.5) is 4.39 Å². The third-order valence-electron chi connectivity index (χ3n) is 3.20. The standard InChI is InChI=1S/C16H20FNO2/c1-4-7-18-16(12-8-11(2)20-10-12)14-6-5-13(19-3)9-15(14)17/h5-6,8-10,16,18H,4,7H2,1-3H3. The molecule has 108 valence electrons. The number of benzene rings is 1. The molecule has 3 nitrogen and oxygen atoms in total. The van der Waals surface area contributed by atoms with Gasteiger partial charge < -0.3 is 14.5 Å². The number of furan rings is 1. The summed E-state index contributed by atoms with van der Waals surface area (Å²) in [5.41, 5.74) is 1.53. The summed E-state index contributed by atoms with van der Waals surface area (Å²) in [5, 5.41) is 3.35. The van der Waals surface area contributed by atoms with Crippen LogP contribution in [0.2, 0.25) is 0 Å². The second kappa shape index (κ2) is 6.57. The Kier molecular flexibility index (Phi) is 4.79. The molecule has 0 spiro atoms. The number of halogens is 1. The predicted octanol–water partition coefficient (Wildman–Crippen LogP) is 3.82. The van der Waals surface area contributed by atoms with Gasteiger partial charge in [-0.2, -0.15) is 0 Å². The van der Waals surface area contributed by atoms with Gasteiger partial charge in [-0.25, -0.2) is 4.39 Å². The highest BCUT2D eigenvalue weighted by molar-refractivity contribution is 5.36. The fourth-order valence-corrected chi connectivity index (χ4v) is 2.18. The van der Waals surface area contributed by atoms with Crippen molar-refractivity contribution in [1.29, 1.82) is 0 Å². The molecule has 0 aliphatic carbocycles. The highest BCUT2D eigenvalue weighted by Gasteiger charge is 2.19. The van der Waals surface area contributed by atoms with E-state index >= 15 is 0 Å². The van der Waals surface area contributed by atoms with E-state index in [-0.39, 0.29) is 11.9 Å².